The molecule has 0 heterocycles. The summed E-state index contributed by atoms with van der Waals surface area (Å²) in [6.45, 7) is 5.38. The molecular weight excluding hydrogens is 218 g/mol. The Morgan fingerprint density at radius 3 is 2.53 bits per heavy atom. The van der Waals surface area contributed by atoms with Crippen molar-refractivity contribution in [1.82, 2.24) is 0 Å². The Kier molecular flexibility index (Phi) is 4.69. The van der Waals surface area contributed by atoms with Crippen LogP contribution in [0.5, 0.6) is 5.75 Å². The first-order valence-electron chi connectivity index (χ1n) is 5.55. The van der Waals surface area contributed by atoms with Crippen LogP contribution in [0, 0.1) is 0 Å². The summed E-state index contributed by atoms with van der Waals surface area (Å²) < 4.78 is 5.40. The predicted molar refractivity (Wildman–Crippen MR) is 66.3 cm³/mol. The third-order valence-corrected chi connectivity index (χ3v) is 2.11. The van der Waals surface area contributed by atoms with E-state index in [0.29, 0.717) is 24.5 Å². The number of rotatable bonds is 5. The van der Waals surface area contributed by atoms with Gasteiger partial charge in [0, 0.05) is 13.3 Å². The van der Waals surface area contributed by atoms with Gasteiger partial charge in [-0.2, -0.15) is 0 Å². The molecule has 92 valence electrons. The van der Waals surface area contributed by atoms with Crippen molar-refractivity contribution < 1.29 is 14.3 Å². The van der Waals surface area contributed by atoms with Crippen molar-refractivity contribution in [3.05, 3.63) is 23.8 Å². The molecule has 1 aromatic rings. The van der Waals surface area contributed by atoms with Gasteiger partial charge in [0.25, 0.3) is 0 Å². The Morgan fingerprint density at radius 2 is 2.00 bits per heavy atom. The molecule has 0 aromatic heterocycles. The zero-order chi connectivity index (χ0) is 12.8. The van der Waals surface area contributed by atoms with E-state index in [0.717, 1.165) is 5.56 Å². The highest BCUT2D eigenvalue weighted by Gasteiger charge is 2.07. The van der Waals surface area contributed by atoms with Crippen LogP contribution in [0.2, 0.25) is 0 Å². The van der Waals surface area contributed by atoms with Crippen LogP contribution < -0.4 is 10.1 Å². The van der Waals surface area contributed by atoms with Gasteiger partial charge >= 0.3 is 0 Å². The maximum atomic E-state index is 11.1. The molecule has 1 N–H and O–H groups in total. The zero-order valence-corrected chi connectivity index (χ0v) is 10.4. The van der Waals surface area contributed by atoms with Crippen LogP contribution in [0.25, 0.3) is 0 Å². The molecule has 1 amide bonds. The molecule has 0 aliphatic rings. The quantitative estimate of drug-likeness (QED) is 0.851. The largest absolute Gasteiger partial charge is 0.492 e. The van der Waals surface area contributed by atoms with Gasteiger partial charge in [0.1, 0.15) is 11.5 Å². The van der Waals surface area contributed by atoms with Crippen molar-refractivity contribution >= 4 is 17.4 Å². The number of carbonyl (C=O) groups is 2. The number of hydrogen-bond donors (Lipinski definition) is 1. The molecule has 0 atom stereocenters. The Hall–Kier alpha value is -1.84. The third kappa shape index (κ3) is 4.26. The molecule has 1 aromatic carbocycles. The maximum Gasteiger partial charge on any atom is 0.221 e. The number of hydrogen-bond acceptors (Lipinski definition) is 3. The zero-order valence-electron chi connectivity index (χ0n) is 10.4. The Balaban J connectivity index is 3.00. The van der Waals surface area contributed by atoms with Crippen molar-refractivity contribution in [3.63, 3.8) is 0 Å². The number of nitrogens with one attached hydrogen (secondary N) is 1. The van der Waals surface area contributed by atoms with Crippen molar-refractivity contribution in [2.75, 3.05) is 11.9 Å². The van der Waals surface area contributed by atoms with E-state index in [1.165, 1.54) is 13.8 Å². The minimum absolute atomic E-state index is 0.0861. The fraction of sp³-hybridized carbons (Fsp3) is 0.385. The number of ketones is 1. The molecule has 4 nitrogen and oxygen atoms in total. The highest BCUT2D eigenvalue weighted by Crippen LogP contribution is 2.26. The minimum atomic E-state index is -0.161. The minimum Gasteiger partial charge on any atom is -0.492 e. The van der Waals surface area contributed by atoms with E-state index in [2.05, 4.69) is 5.32 Å². The molecule has 0 bridgehead atoms. The van der Waals surface area contributed by atoms with Gasteiger partial charge in [0.2, 0.25) is 5.91 Å². The number of anilines is 1. The van der Waals surface area contributed by atoms with Gasteiger partial charge in [-0.25, -0.2) is 0 Å². The lowest BCUT2D eigenvalue weighted by Crippen LogP contribution is -2.09. The van der Waals surface area contributed by atoms with Crippen LogP contribution >= 0.6 is 0 Å². The summed E-state index contributed by atoms with van der Waals surface area (Å²) >= 11 is 0. The average Bonchev–Trinajstić information content (AvgIpc) is 2.20. The molecule has 0 unspecified atom stereocenters. The summed E-state index contributed by atoms with van der Waals surface area (Å²) in [7, 11) is 0. The topological polar surface area (TPSA) is 55.4 Å². The van der Waals surface area contributed by atoms with Gasteiger partial charge in [-0.1, -0.05) is 6.07 Å². The maximum absolute atomic E-state index is 11.1. The molecule has 1 rings (SSSR count). The van der Waals surface area contributed by atoms with Crippen LogP contribution in [0.15, 0.2) is 18.2 Å². The van der Waals surface area contributed by atoms with Crippen LogP contribution in [-0.2, 0) is 16.0 Å². The molecule has 0 spiro atoms. The average molecular weight is 235 g/mol. The fourth-order valence-electron chi connectivity index (χ4n) is 1.54. The molecular formula is C13H17NO3. The van der Waals surface area contributed by atoms with Crippen LogP contribution in [0.4, 0.5) is 5.69 Å². The van der Waals surface area contributed by atoms with E-state index in [1.54, 1.807) is 12.1 Å². The summed E-state index contributed by atoms with van der Waals surface area (Å²) in [5.41, 5.74) is 1.47. The lowest BCUT2D eigenvalue weighted by Gasteiger charge is -2.11. The third-order valence-electron chi connectivity index (χ3n) is 2.11. The standard InChI is InChI=1S/C13H17NO3/c1-4-17-13-6-5-11(7-9(2)15)8-12(13)14-10(3)16/h5-6,8H,4,7H2,1-3H3,(H,14,16). The molecule has 4 heteroatoms. The van der Waals surface area contributed by atoms with Gasteiger partial charge in [-0.15, -0.1) is 0 Å². The molecule has 0 aliphatic carbocycles. The normalized spacial score (nSPS) is 9.82. The second kappa shape index (κ2) is 6.03. The highest BCUT2D eigenvalue weighted by molar-refractivity contribution is 5.90. The number of benzene rings is 1. The summed E-state index contributed by atoms with van der Waals surface area (Å²) in [6, 6.07) is 5.37. The molecule has 0 fully saturated rings. The highest BCUT2D eigenvalue weighted by atomic mass is 16.5. The van der Waals surface area contributed by atoms with E-state index in [9.17, 15) is 9.59 Å². The second-order valence-corrected chi connectivity index (χ2v) is 3.82. The van der Waals surface area contributed by atoms with E-state index in [4.69, 9.17) is 4.74 Å². The van der Waals surface area contributed by atoms with Crippen LogP contribution in [0.3, 0.4) is 0 Å². The lowest BCUT2D eigenvalue weighted by molar-refractivity contribution is -0.116. The van der Waals surface area contributed by atoms with Crippen LogP contribution in [-0.4, -0.2) is 18.3 Å². The van der Waals surface area contributed by atoms with Gasteiger partial charge in [0.15, 0.2) is 0 Å². The number of Topliss-reactive ketones (excluding diaryl/α,β-unsaturated/α-hetero) is 1. The first-order valence-corrected chi connectivity index (χ1v) is 5.55. The van der Waals surface area contributed by atoms with E-state index in [1.807, 2.05) is 13.0 Å². The molecule has 0 saturated heterocycles. The monoisotopic (exact) mass is 235 g/mol. The summed E-state index contributed by atoms with van der Waals surface area (Å²) in [4.78, 5) is 22.1. The Morgan fingerprint density at radius 1 is 1.29 bits per heavy atom. The van der Waals surface area contributed by atoms with E-state index >= 15 is 0 Å². The fourth-order valence-corrected chi connectivity index (χ4v) is 1.54. The smallest absolute Gasteiger partial charge is 0.221 e. The first-order chi connectivity index (χ1) is 8.02. The lowest BCUT2D eigenvalue weighted by atomic mass is 10.1. The molecule has 0 radical (unpaired) electrons. The van der Waals surface area contributed by atoms with Crippen molar-refractivity contribution in [1.29, 1.82) is 0 Å². The number of carbonyl (C=O) groups excluding carboxylic acids is 2. The number of amides is 1. The van der Waals surface area contributed by atoms with Gasteiger partial charge < -0.3 is 10.1 Å². The van der Waals surface area contributed by atoms with Gasteiger partial charge in [0.05, 0.1) is 12.3 Å². The van der Waals surface area contributed by atoms with Crippen molar-refractivity contribution in [2.45, 2.75) is 27.2 Å². The summed E-state index contributed by atoms with van der Waals surface area (Å²) in [5, 5.41) is 2.70. The summed E-state index contributed by atoms with van der Waals surface area (Å²) in [6.07, 6.45) is 0.360. The molecule has 17 heavy (non-hydrogen) atoms. The summed E-state index contributed by atoms with van der Waals surface area (Å²) in [5.74, 6) is 0.545. The predicted octanol–water partition coefficient (Wildman–Crippen LogP) is 2.18. The number of ether oxygens (including phenoxy) is 1. The van der Waals surface area contributed by atoms with Gasteiger partial charge in [-0.05, 0) is 31.5 Å². The van der Waals surface area contributed by atoms with E-state index in [-0.39, 0.29) is 11.7 Å². The second-order valence-electron chi connectivity index (χ2n) is 3.82. The van der Waals surface area contributed by atoms with Crippen LogP contribution in [0.1, 0.15) is 26.3 Å². The van der Waals surface area contributed by atoms with Crippen molar-refractivity contribution in [3.8, 4) is 5.75 Å². The Labute approximate surface area is 101 Å². The van der Waals surface area contributed by atoms with Crippen molar-refractivity contribution in [2.24, 2.45) is 0 Å². The Bertz CT molecular complexity index is 427. The van der Waals surface area contributed by atoms with Gasteiger partial charge in [-0.3, -0.25) is 9.59 Å². The molecule has 0 saturated carbocycles. The van der Waals surface area contributed by atoms with E-state index < -0.39 is 0 Å². The SMILES string of the molecule is CCOc1ccc(CC(C)=O)cc1NC(C)=O. The first kappa shape index (κ1) is 13.2. The molecule has 0 aliphatic heterocycles.